The summed E-state index contributed by atoms with van der Waals surface area (Å²) in [6.45, 7) is 6.34. The first-order valence-corrected chi connectivity index (χ1v) is 13.3. The van der Waals surface area contributed by atoms with Crippen LogP contribution in [0.2, 0.25) is 0 Å². The third-order valence-electron chi connectivity index (χ3n) is 6.82. The second-order valence-corrected chi connectivity index (χ2v) is 9.64. The van der Waals surface area contributed by atoms with Crippen molar-refractivity contribution in [1.82, 2.24) is 0 Å². The number of ether oxygens (including phenoxy) is 4. The minimum atomic E-state index is -0.939. The highest BCUT2D eigenvalue weighted by atomic mass is 16.6. The molecule has 8 nitrogen and oxygen atoms in total. The first-order valence-electron chi connectivity index (χ1n) is 13.3. The van der Waals surface area contributed by atoms with Gasteiger partial charge in [0.15, 0.2) is 0 Å². The molecule has 3 rings (SSSR count). The first-order chi connectivity index (χ1) is 18.9. The van der Waals surface area contributed by atoms with E-state index in [0.29, 0.717) is 11.5 Å². The molecule has 2 atom stereocenters. The molecule has 0 aliphatic heterocycles. The van der Waals surface area contributed by atoms with Crippen LogP contribution in [0.3, 0.4) is 0 Å². The molecule has 2 unspecified atom stereocenters. The zero-order valence-electron chi connectivity index (χ0n) is 22.3. The van der Waals surface area contributed by atoms with Gasteiger partial charge in [-0.3, -0.25) is 0 Å². The number of rotatable bonds is 14. The zero-order chi connectivity index (χ0) is 28.1. The lowest BCUT2D eigenvalue weighted by Crippen LogP contribution is -2.27. The van der Waals surface area contributed by atoms with Crippen LogP contribution in [0.15, 0.2) is 73.8 Å². The van der Waals surface area contributed by atoms with Crippen molar-refractivity contribution in [3.05, 3.63) is 85.0 Å². The predicted molar refractivity (Wildman–Crippen MR) is 147 cm³/mol. The molecule has 39 heavy (non-hydrogen) atoms. The Hall–Kier alpha value is -3.62. The molecule has 210 valence electrons. The van der Waals surface area contributed by atoms with Crippen molar-refractivity contribution in [2.45, 2.75) is 56.1 Å². The molecule has 1 saturated carbocycles. The van der Waals surface area contributed by atoms with Gasteiger partial charge in [-0.15, -0.1) is 0 Å². The van der Waals surface area contributed by atoms with Crippen molar-refractivity contribution in [1.29, 1.82) is 0 Å². The van der Waals surface area contributed by atoms with Gasteiger partial charge in [0.05, 0.1) is 0 Å². The minimum absolute atomic E-state index is 0.00175. The standard InChI is InChI=1S/C31H38O8/c1-3-29(34)38-21-25(32)19-36-27-13-9-23(10-14-27)31(17-7-5-6-8-18-31)24-11-15-28(16-12-24)37-20-26(33)22-39-30(35)4-2/h3-4,9-16,25-26,32-33H,1-2,5-8,17-22H2. The fourth-order valence-electron chi connectivity index (χ4n) is 4.77. The van der Waals surface area contributed by atoms with Gasteiger partial charge in [-0.2, -0.15) is 0 Å². The third kappa shape index (κ3) is 8.97. The van der Waals surface area contributed by atoms with Crippen LogP contribution in [0.4, 0.5) is 0 Å². The maximum atomic E-state index is 11.2. The molecule has 1 aliphatic rings. The summed E-state index contributed by atoms with van der Waals surface area (Å²) < 4.78 is 21.1. The van der Waals surface area contributed by atoms with Gasteiger partial charge < -0.3 is 29.2 Å². The van der Waals surface area contributed by atoms with Crippen molar-refractivity contribution in [3.8, 4) is 11.5 Å². The normalized spacial score (nSPS) is 16.2. The van der Waals surface area contributed by atoms with Crippen LogP contribution >= 0.6 is 0 Å². The largest absolute Gasteiger partial charge is 0.491 e. The van der Waals surface area contributed by atoms with Crippen LogP contribution in [0.25, 0.3) is 0 Å². The molecular weight excluding hydrogens is 500 g/mol. The van der Waals surface area contributed by atoms with Crippen LogP contribution in [0.5, 0.6) is 11.5 Å². The highest BCUT2D eigenvalue weighted by molar-refractivity contribution is 5.81. The lowest BCUT2D eigenvalue weighted by molar-refractivity contribution is -0.142. The van der Waals surface area contributed by atoms with Gasteiger partial charge in [0.25, 0.3) is 0 Å². The zero-order valence-corrected chi connectivity index (χ0v) is 22.3. The smallest absolute Gasteiger partial charge is 0.330 e. The summed E-state index contributed by atoms with van der Waals surface area (Å²) in [5.41, 5.74) is 2.25. The SMILES string of the molecule is C=CC(=O)OCC(O)COc1ccc(C2(c3ccc(OCC(O)COC(=O)C=C)cc3)CCCCCC2)cc1. The fourth-order valence-corrected chi connectivity index (χ4v) is 4.77. The highest BCUT2D eigenvalue weighted by Crippen LogP contribution is 2.44. The van der Waals surface area contributed by atoms with Gasteiger partial charge in [0.1, 0.15) is 50.1 Å². The molecule has 2 N–H and O–H groups in total. The molecule has 2 aromatic carbocycles. The molecule has 1 aliphatic carbocycles. The van der Waals surface area contributed by atoms with Gasteiger partial charge >= 0.3 is 11.9 Å². The molecular formula is C31H38O8. The maximum Gasteiger partial charge on any atom is 0.330 e. The summed E-state index contributed by atoms with van der Waals surface area (Å²) >= 11 is 0. The Kier molecular flexibility index (Phi) is 11.6. The average Bonchev–Trinajstić information content (AvgIpc) is 3.24. The quantitative estimate of drug-likeness (QED) is 0.209. The van der Waals surface area contributed by atoms with E-state index in [1.165, 1.54) is 24.0 Å². The molecule has 2 aromatic rings. The number of hydrogen-bond acceptors (Lipinski definition) is 8. The van der Waals surface area contributed by atoms with Crippen molar-refractivity contribution >= 4 is 11.9 Å². The van der Waals surface area contributed by atoms with Gasteiger partial charge in [-0.25, -0.2) is 9.59 Å². The predicted octanol–water partition coefficient (Wildman–Crippen LogP) is 4.26. The third-order valence-corrected chi connectivity index (χ3v) is 6.82. The summed E-state index contributed by atoms with van der Waals surface area (Å²) in [4.78, 5) is 22.3. The molecule has 0 bridgehead atoms. The summed E-state index contributed by atoms with van der Waals surface area (Å²) in [5.74, 6) is 0.0713. The number of hydrogen-bond donors (Lipinski definition) is 2. The van der Waals surface area contributed by atoms with E-state index in [0.717, 1.165) is 37.8 Å². The van der Waals surface area contributed by atoms with E-state index < -0.39 is 24.1 Å². The molecule has 0 aromatic heterocycles. The lowest BCUT2D eigenvalue weighted by Gasteiger charge is -2.34. The Bertz CT molecular complexity index is 989. The number of aliphatic hydroxyl groups is 2. The summed E-state index contributed by atoms with van der Waals surface area (Å²) in [5, 5.41) is 20.0. The van der Waals surface area contributed by atoms with Crippen LogP contribution in [0.1, 0.15) is 49.7 Å². The summed E-state index contributed by atoms with van der Waals surface area (Å²) in [6, 6.07) is 15.9. The number of benzene rings is 2. The monoisotopic (exact) mass is 538 g/mol. The van der Waals surface area contributed by atoms with E-state index in [2.05, 4.69) is 37.4 Å². The molecule has 0 radical (unpaired) electrons. The van der Waals surface area contributed by atoms with E-state index in [-0.39, 0.29) is 31.8 Å². The summed E-state index contributed by atoms with van der Waals surface area (Å²) in [7, 11) is 0. The van der Waals surface area contributed by atoms with Gasteiger partial charge in [-0.05, 0) is 48.2 Å². The van der Waals surface area contributed by atoms with Gasteiger partial charge in [0, 0.05) is 17.6 Å². The van der Waals surface area contributed by atoms with Crippen LogP contribution in [-0.4, -0.2) is 60.8 Å². The summed E-state index contributed by atoms with van der Waals surface area (Å²) in [6.07, 6.45) is 6.92. The van der Waals surface area contributed by atoms with E-state index in [1.54, 1.807) is 0 Å². The minimum Gasteiger partial charge on any atom is -0.491 e. The Morgan fingerprint density at radius 1 is 0.692 bits per heavy atom. The fraction of sp³-hybridized carbons (Fsp3) is 0.419. The van der Waals surface area contributed by atoms with Crippen molar-refractivity contribution in [2.24, 2.45) is 0 Å². The van der Waals surface area contributed by atoms with Gasteiger partial charge in [0.2, 0.25) is 0 Å². The van der Waals surface area contributed by atoms with E-state index >= 15 is 0 Å². The van der Waals surface area contributed by atoms with E-state index in [4.69, 9.17) is 18.9 Å². The lowest BCUT2D eigenvalue weighted by atomic mass is 9.69. The molecule has 0 amide bonds. The van der Waals surface area contributed by atoms with Crippen molar-refractivity contribution in [3.63, 3.8) is 0 Å². The number of carbonyl (C=O) groups excluding carboxylic acids is 2. The maximum absolute atomic E-state index is 11.2. The van der Waals surface area contributed by atoms with Crippen LogP contribution in [0, 0.1) is 0 Å². The van der Waals surface area contributed by atoms with Crippen LogP contribution in [-0.2, 0) is 24.5 Å². The Labute approximate surface area is 229 Å². The second kappa shape index (κ2) is 15.1. The molecule has 1 fully saturated rings. The Morgan fingerprint density at radius 2 is 1.08 bits per heavy atom. The molecule has 0 heterocycles. The van der Waals surface area contributed by atoms with E-state index in [1.807, 2.05) is 24.3 Å². The van der Waals surface area contributed by atoms with Crippen molar-refractivity contribution in [2.75, 3.05) is 26.4 Å². The Balaban J connectivity index is 1.66. The Morgan fingerprint density at radius 3 is 1.44 bits per heavy atom. The molecule has 0 spiro atoms. The van der Waals surface area contributed by atoms with E-state index in [9.17, 15) is 19.8 Å². The van der Waals surface area contributed by atoms with Gasteiger partial charge in [-0.1, -0.05) is 63.1 Å². The number of esters is 2. The molecule has 8 heteroatoms. The first kappa shape index (κ1) is 29.9. The number of aliphatic hydroxyl groups excluding tert-OH is 2. The van der Waals surface area contributed by atoms with Crippen LogP contribution < -0.4 is 9.47 Å². The second-order valence-electron chi connectivity index (χ2n) is 9.64. The number of carbonyl (C=O) groups is 2. The molecule has 0 saturated heterocycles. The topological polar surface area (TPSA) is 112 Å². The average molecular weight is 539 g/mol. The van der Waals surface area contributed by atoms with Crippen molar-refractivity contribution < 1.29 is 38.7 Å². The highest BCUT2D eigenvalue weighted by Gasteiger charge is 2.34.